The number of nitrogens with two attached hydrogens (primary N) is 1. The highest BCUT2D eigenvalue weighted by atomic mass is 16.3. The Morgan fingerprint density at radius 2 is 1.72 bits per heavy atom. The Bertz CT molecular complexity index is 953. The van der Waals surface area contributed by atoms with E-state index in [1.165, 1.54) is 6.92 Å². The Labute approximate surface area is 166 Å². The first-order chi connectivity index (χ1) is 13.8. The summed E-state index contributed by atoms with van der Waals surface area (Å²) in [6.45, 7) is 1.34. The van der Waals surface area contributed by atoms with Gasteiger partial charge in [-0.2, -0.15) is 0 Å². The Kier molecular flexibility index (Phi) is 5.83. The van der Waals surface area contributed by atoms with Gasteiger partial charge in [-0.15, -0.1) is 0 Å². The summed E-state index contributed by atoms with van der Waals surface area (Å²) in [6.07, 6.45) is 0.242. The Balaban J connectivity index is 1.92. The molecule has 0 radical (unpaired) electrons. The molecule has 2 aromatic rings. The SMILES string of the molecule is C[C@@H](O)[C@@H]1NC(=O)[C@H](Cc2c[nH]c3ccccc23)NC(=O)[C@H](CC(N)=O)NC1=O. The number of carbonyl (C=O) groups is 4. The molecule has 0 bridgehead atoms. The summed E-state index contributed by atoms with van der Waals surface area (Å²) < 4.78 is 0. The topological polar surface area (TPSA) is 166 Å². The largest absolute Gasteiger partial charge is 0.391 e. The van der Waals surface area contributed by atoms with Gasteiger partial charge in [0.05, 0.1) is 12.5 Å². The predicted molar refractivity (Wildman–Crippen MR) is 103 cm³/mol. The summed E-state index contributed by atoms with van der Waals surface area (Å²) in [6, 6.07) is 3.94. The van der Waals surface area contributed by atoms with Gasteiger partial charge >= 0.3 is 0 Å². The van der Waals surface area contributed by atoms with Crippen LogP contribution >= 0.6 is 0 Å². The molecule has 1 aliphatic heterocycles. The molecule has 0 aliphatic carbocycles. The number of fused-ring (bicyclic) bond motifs is 1. The maximum absolute atomic E-state index is 12.8. The van der Waals surface area contributed by atoms with E-state index >= 15 is 0 Å². The average molecular weight is 401 g/mol. The van der Waals surface area contributed by atoms with Gasteiger partial charge in [0.25, 0.3) is 0 Å². The third-order valence-corrected chi connectivity index (χ3v) is 4.83. The first kappa shape index (κ1) is 20.3. The fraction of sp³-hybridized carbons (Fsp3) is 0.368. The van der Waals surface area contributed by atoms with Crippen molar-refractivity contribution in [2.45, 2.75) is 44.0 Å². The van der Waals surface area contributed by atoms with Gasteiger partial charge in [0, 0.05) is 23.5 Å². The van der Waals surface area contributed by atoms with Crippen molar-refractivity contribution < 1.29 is 24.3 Å². The van der Waals surface area contributed by atoms with Crippen LogP contribution in [0.15, 0.2) is 30.5 Å². The molecular formula is C19H23N5O5. The summed E-state index contributed by atoms with van der Waals surface area (Å²) in [5.74, 6) is -2.89. The monoisotopic (exact) mass is 401 g/mol. The number of primary amides is 1. The van der Waals surface area contributed by atoms with Gasteiger partial charge in [-0.05, 0) is 18.6 Å². The van der Waals surface area contributed by atoms with Gasteiger partial charge in [-0.3, -0.25) is 19.2 Å². The number of rotatable bonds is 5. The number of aromatic amines is 1. The minimum absolute atomic E-state index is 0.144. The van der Waals surface area contributed by atoms with E-state index < -0.39 is 54.3 Å². The Hall–Kier alpha value is -3.40. The smallest absolute Gasteiger partial charge is 0.245 e. The van der Waals surface area contributed by atoms with Gasteiger partial charge in [0.1, 0.15) is 18.1 Å². The van der Waals surface area contributed by atoms with E-state index in [0.717, 1.165) is 16.5 Å². The van der Waals surface area contributed by atoms with Crippen LogP contribution in [0.5, 0.6) is 0 Å². The van der Waals surface area contributed by atoms with Crippen LogP contribution < -0.4 is 21.7 Å². The standard InChI is InChI=1S/C19H23N5O5/c1-9(25)16-19(29)23-14(7-15(20)26)17(27)22-13(18(28)24-16)6-10-8-21-12-5-3-2-4-11(10)12/h2-5,8-9,13-14,16,21,25H,6-7H2,1H3,(H2,20,26)(H,22,27)(H,23,29)(H,24,28)/t9-,13+,14+,16+/m1/s1. The van der Waals surface area contributed by atoms with E-state index in [1.807, 2.05) is 24.3 Å². The fourth-order valence-electron chi connectivity index (χ4n) is 3.33. The molecular weight excluding hydrogens is 378 g/mol. The molecule has 4 atom stereocenters. The lowest BCUT2D eigenvalue weighted by molar-refractivity contribution is -0.133. The highest BCUT2D eigenvalue weighted by Crippen LogP contribution is 2.19. The van der Waals surface area contributed by atoms with Crippen LogP contribution in [-0.2, 0) is 25.6 Å². The number of H-pyrrole nitrogens is 1. The van der Waals surface area contributed by atoms with Crippen LogP contribution in [0.3, 0.4) is 0 Å². The van der Waals surface area contributed by atoms with Crippen molar-refractivity contribution in [3.05, 3.63) is 36.0 Å². The number of hydrogen-bond donors (Lipinski definition) is 6. The Morgan fingerprint density at radius 1 is 1.07 bits per heavy atom. The zero-order chi connectivity index (χ0) is 21.1. The number of nitrogens with one attached hydrogen (secondary N) is 4. The van der Waals surface area contributed by atoms with E-state index in [0.29, 0.717) is 0 Å². The number of amides is 4. The van der Waals surface area contributed by atoms with Crippen LogP contribution in [0.4, 0.5) is 0 Å². The zero-order valence-corrected chi connectivity index (χ0v) is 15.8. The normalized spacial score (nSPS) is 23.9. The number of aromatic nitrogens is 1. The number of hydrogen-bond acceptors (Lipinski definition) is 5. The minimum atomic E-state index is -1.28. The van der Waals surface area contributed by atoms with Crippen molar-refractivity contribution in [3.63, 3.8) is 0 Å². The summed E-state index contributed by atoms with van der Waals surface area (Å²) in [5.41, 5.74) is 6.85. The molecule has 0 unspecified atom stereocenters. The molecule has 4 amide bonds. The average Bonchev–Trinajstić information content (AvgIpc) is 3.07. The first-order valence-electron chi connectivity index (χ1n) is 9.18. The number of aliphatic hydroxyl groups excluding tert-OH is 1. The van der Waals surface area contributed by atoms with Crippen LogP contribution in [0.25, 0.3) is 10.9 Å². The van der Waals surface area contributed by atoms with E-state index in [1.54, 1.807) is 6.20 Å². The number of aliphatic hydroxyl groups is 1. The van der Waals surface area contributed by atoms with Crippen LogP contribution in [0.2, 0.25) is 0 Å². The van der Waals surface area contributed by atoms with Crippen LogP contribution in [-0.4, -0.2) is 57.9 Å². The maximum atomic E-state index is 12.8. The second kappa shape index (κ2) is 8.31. The van der Waals surface area contributed by atoms with Gasteiger partial charge < -0.3 is 31.8 Å². The summed E-state index contributed by atoms with van der Waals surface area (Å²) in [7, 11) is 0. The van der Waals surface area contributed by atoms with Crippen molar-refractivity contribution in [1.29, 1.82) is 0 Å². The molecule has 1 fully saturated rings. The lowest BCUT2D eigenvalue weighted by Gasteiger charge is -2.22. The minimum Gasteiger partial charge on any atom is -0.391 e. The number of carbonyl (C=O) groups excluding carboxylic acids is 4. The van der Waals surface area contributed by atoms with Crippen molar-refractivity contribution in [3.8, 4) is 0 Å². The van der Waals surface area contributed by atoms with Gasteiger partial charge in [0.2, 0.25) is 23.6 Å². The van der Waals surface area contributed by atoms with Gasteiger partial charge in [-0.1, -0.05) is 18.2 Å². The maximum Gasteiger partial charge on any atom is 0.245 e. The third-order valence-electron chi connectivity index (χ3n) is 4.83. The number of para-hydroxylation sites is 1. The van der Waals surface area contributed by atoms with Crippen molar-refractivity contribution in [2.24, 2.45) is 5.73 Å². The highest BCUT2D eigenvalue weighted by molar-refractivity contribution is 5.99. The fourth-order valence-corrected chi connectivity index (χ4v) is 3.33. The quantitative estimate of drug-likeness (QED) is 0.356. The lowest BCUT2D eigenvalue weighted by Crippen LogP contribution is -2.55. The molecule has 1 saturated heterocycles. The lowest BCUT2D eigenvalue weighted by atomic mass is 10.0. The molecule has 1 aromatic heterocycles. The summed E-state index contributed by atoms with van der Waals surface area (Å²) >= 11 is 0. The van der Waals surface area contributed by atoms with Crippen LogP contribution in [0, 0.1) is 0 Å². The van der Waals surface area contributed by atoms with E-state index in [4.69, 9.17) is 5.73 Å². The molecule has 0 spiro atoms. The molecule has 7 N–H and O–H groups in total. The van der Waals surface area contributed by atoms with Crippen LogP contribution in [0.1, 0.15) is 18.9 Å². The molecule has 10 nitrogen and oxygen atoms in total. The summed E-state index contributed by atoms with van der Waals surface area (Å²) in [5, 5.41) is 18.2. The summed E-state index contributed by atoms with van der Waals surface area (Å²) in [4.78, 5) is 52.3. The molecule has 1 aromatic carbocycles. The molecule has 0 saturated carbocycles. The number of benzene rings is 1. The second-order valence-corrected chi connectivity index (χ2v) is 7.08. The van der Waals surface area contributed by atoms with Crippen molar-refractivity contribution >= 4 is 34.5 Å². The third kappa shape index (κ3) is 4.54. The Morgan fingerprint density at radius 3 is 2.41 bits per heavy atom. The van der Waals surface area contributed by atoms with E-state index in [-0.39, 0.29) is 6.42 Å². The predicted octanol–water partition coefficient (Wildman–Crippen LogP) is -1.57. The second-order valence-electron chi connectivity index (χ2n) is 7.08. The molecule has 2 heterocycles. The van der Waals surface area contributed by atoms with Crippen molar-refractivity contribution in [2.75, 3.05) is 0 Å². The van der Waals surface area contributed by atoms with E-state index in [9.17, 15) is 24.3 Å². The molecule has 29 heavy (non-hydrogen) atoms. The molecule has 1 aliphatic rings. The molecule has 154 valence electrons. The van der Waals surface area contributed by atoms with E-state index in [2.05, 4.69) is 20.9 Å². The zero-order valence-electron chi connectivity index (χ0n) is 15.8. The first-order valence-corrected chi connectivity index (χ1v) is 9.18. The van der Waals surface area contributed by atoms with Crippen molar-refractivity contribution in [1.82, 2.24) is 20.9 Å². The van der Waals surface area contributed by atoms with Gasteiger partial charge in [0.15, 0.2) is 0 Å². The highest BCUT2D eigenvalue weighted by Gasteiger charge is 2.36. The van der Waals surface area contributed by atoms with Gasteiger partial charge in [-0.25, -0.2) is 0 Å². The molecule has 3 rings (SSSR count). The molecule has 10 heteroatoms.